The van der Waals surface area contributed by atoms with Gasteiger partial charge in [-0.15, -0.1) is 0 Å². The fourth-order valence-electron chi connectivity index (χ4n) is 3.20. The van der Waals surface area contributed by atoms with Crippen molar-refractivity contribution in [1.29, 1.82) is 0 Å². The Balaban J connectivity index is 1.54. The van der Waals surface area contributed by atoms with Gasteiger partial charge in [-0.3, -0.25) is 9.69 Å². The Hall–Kier alpha value is -1.37. The van der Waals surface area contributed by atoms with Gasteiger partial charge in [-0.05, 0) is 38.4 Å². The molecule has 6 nitrogen and oxygen atoms in total. The molecule has 1 aromatic heterocycles. The maximum Gasteiger partial charge on any atom is 0.234 e. The summed E-state index contributed by atoms with van der Waals surface area (Å²) in [5.41, 5.74) is 0. The molecular weight excluding hydrogens is 284 g/mol. The molecule has 1 aromatic rings. The zero-order valence-electron chi connectivity index (χ0n) is 13.0. The molecule has 0 spiro atoms. The van der Waals surface area contributed by atoms with Gasteiger partial charge in [-0.2, -0.15) is 0 Å². The largest absolute Gasteiger partial charge is 0.467 e. The van der Waals surface area contributed by atoms with Crippen LogP contribution in [0.25, 0.3) is 0 Å². The van der Waals surface area contributed by atoms with Crippen molar-refractivity contribution >= 4 is 5.91 Å². The molecule has 2 unspecified atom stereocenters. The third kappa shape index (κ3) is 3.69. The first-order valence-corrected chi connectivity index (χ1v) is 8.04. The van der Waals surface area contributed by atoms with Gasteiger partial charge in [-0.25, -0.2) is 0 Å². The molecule has 22 heavy (non-hydrogen) atoms. The van der Waals surface area contributed by atoms with Crippen LogP contribution in [-0.2, 0) is 14.3 Å². The third-order valence-corrected chi connectivity index (χ3v) is 4.32. The highest BCUT2D eigenvalue weighted by atomic mass is 16.7. The van der Waals surface area contributed by atoms with Crippen LogP contribution < -0.4 is 5.32 Å². The van der Waals surface area contributed by atoms with Crippen molar-refractivity contribution in [3.8, 4) is 0 Å². The molecule has 2 atom stereocenters. The zero-order chi connectivity index (χ0) is 15.4. The lowest BCUT2D eigenvalue weighted by Crippen LogP contribution is -2.51. The van der Waals surface area contributed by atoms with Gasteiger partial charge in [0, 0.05) is 0 Å². The van der Waals surface area contributed by atoms with Crippen LogP contribution in [0.5, 0.6) is 0 Å². The summed E-state index contributed by atoms with van der Waals surface area (Å²) < 4.78 is 16.6. The molecule has 3 rings (SSSR count). The summed E-state index contributed by atoms with van der Waals surface area (Å²) in [5, 5.41) is 2.98. The number of carbonyl (C=O) groups excluding carboxylic acids is 1. The van der Waals surface area contributed by atoms with Crippen LogP contribution >= 0.6 is 0 Å². The Bertz CT molecular complexity index is 471. The molecule has 0 radical (unpaired) electrons. The second-order valence-electron chi connectivity index (χ2n) is 5.95. The standard InChI is InChI=1S/C16H24N2O4/c1-12(14-6-4-8-20-14)17-15(19)11-18-7-3-2-5-13(18)16-21-9-10-22-16/h4,6,8,12-13,16H,2-3,5,7,9-11H2,1H3,(H,17,19). The molecule has 2 saturated heterocycles. The molecule has 1 amide bonds. The Morgan fingerprint density at radius 2 is 2.23 bits per heavy atom. The van der Waals surface area contributed by atoms with E-state index in [4.69, 9.17) is 13.9 Å². The number of piperidine rings is 1. The predicted molar refractivity (Wildman–Crippen MR) is 80.2 cm³/mol. The lowest BCUT2D eigenvalue weighted by atomic mass is 10.0. The summed E-state index contributed by atoms with van der Waals surface area (Å²) in [6.45, 7) is 4.51. The minimum absolute atomic E-state index is 0.00815. The Labute approximate surface area is 130 Å². The van der Waals surface area contributed by atoms with E-state index < -0.39 is 0 Å². The van der Waals surface area contributed by atoms with E-state index in [9.17, 15) is 4.79 Å². The van der Waals surface area contributed by atoms with Crippen molar-refractivity contribution in [1.82, 2.24) is 10.2 Å². The van der Waals surface area contributed by atoms with Crippen LogP contribution in [0, 0.1) is 0 Å². The lowest BCUT2D eigenvalue weighted by molar-refractivity contribution is -0.131. The topological polar surface area (TPSA) is 63.9 Å². The van der Waals surface area contributed by atoms with Gasteiger partial charge in [0.05, 0.1) is 38.1 Å². The number of nitrogens with one attached hydrogen (secondary N) is 1. The Morgan fingerprint density at radius 1 is 1.41 bits per heavy atom. The van der Waals surface area contributed by atoms with Crippen LogP contribution in [0.1, 0.15) is 38.0 Å². The molecule has 0 saturated carbocycles. The number of amides is 1. The number of likely N-dealkylation sites (tertiary alicyclic amines) is 1. The molecule has 2 aliphatic heterocycles. The predicted octanol–water partition coefficient (Wildman–Crippen LogP) is 1.68. The van der Waals surface area contributed by atoms with Crippen molar-refractivity contribution in [3.05, 3.63) is 24.2 Å². The fourth-order valence-corrected chi connectivity index (χ4v) is 3.20. The van der Waals surface area contributed by atoms with Crippen LogP contribution in [0.2, 0.25) is 0 Å². The third-order valence-electron chi connectivity index (χ3n) is 4.32. The van der Waals surface area contributed by atoms with Gasteiger partial charge < -0.3 is 19.2 Å². The summed E-state index contributed by atoms with van der Waals surface area (Å²) >= 11 is 0. The number of hydrogen-bond acceptors (Lipinski definition) is 5. The molecular formula is C16H24N2O4. The highest BCUT2D eigenvalue weighted by Crippen LogP contribution is 2.24. The van der Waals surface area contributed by atoms with Crippen molar-refractivity contribution in [2.75, 3.05) is 26.3 Å². The second-order valence-corrected chi connectivity index (χ2v) is 5.95. The minimum atomic E-state index is -0.185. The van der Waals surface area contributed by atoms with Crippen molar-refractivity contribution in [3.63, 3.8) is 0 Å². The summed E-state index contributed by atoms with van der Waals surface area (Å²) in [4.78, 5) is 14.5. The fraction of sp³-hybridized carbons (Fsp3) is 0.688. The molecule has 0 bridgehead atoms. The first-order valence-electron chi connectivity index (χ1n) is 8.04. The van der Waals surface area contributed by atoms with Gasteiger partial charge in [0.2, 0.25) is 5.91 Å². The van der Waals surface area contributed by atoms with E-state index in [1.54, 1.807) is 6.26 Å². The maximum atomic E-state index is 12.3. The number of carbonyl (C=O) groups is 1. The van der Waals surface area contributed by atoms with Crippen LogP contribution in [-0.4, -0.2) is 49.4 Å². The van der Waals surface area contributed by atoms with E-state index in [2.05, 4.69) is 10.2 Å². The average Bonchev–Trinajstić information content (AvgIpc) is 3.21. The summed E-state index contributed by atoms with van der Waals surface area (Å²) in [5.74, 6) is 0.778. The van der Waals surface area contributed by atoms with Gasteiger partial charge in [0.25, 0.3) is 0 Å². The van der Waals surface area contributed by atoms with Crippen LogP contribution in [0.4, 0.5) is 0 Å². The highest BCUT2D eigenvalue weighted by Gasteiger charge is 2.34. The average molecular weight is 308 g/mol. The molecule has 6 heteroatoms. The Morgan fingerprint density at radius 3 is 2.95 bits per heavy atom. The van der Waals surface area contributed by atoms with E-state index in [0.29, 0.717) is 19.8 Å². The van der Waals surface area contributed by atoms with Gasteiger partial charge in [0.15, 0.2) is 6.29 Å². The quantitative estimate of drug-likeness (QED) is 0.896. The van der Waals surface area contributed by atoms with Crippen LogP contribution in [0.15, 0.2) is 22.8 Å². The van der Waals surface area contributed by atoms with Crippen LogP contribution in [0.3, 0.4) is 0 Å². The van der Waals surface area contributed by atoms with E-state index in [1.807, 2.05) is 19.1 Å². The monoisotopic (exact) mass is 308 g/mol. The second kappa shape index (κ2) is 7.26. The molecule has 122 valence electrons. The lowest BCUT2D eigenvalue weighted by Gasteiger charge is -2.37. The summed E-state index contributed by atoms with van der Waals surface area (Å²) in [6, 6.07) is 3.76. The van der Waals surface area contributed by atoms with E-state index >= 15 is 0 Å². The van der Waals surface area contributed by atoms with E-state index in [-0.39, 0.29) is 24.3 Å². The smallest absolute Gasteiger partial charge is 0.234 e. The number of rotatable bonds is 5. The van der Waals surface area contributed by atoms with Crippen molar-refractivity contribution in [2.24, 2.45) is 0 Å². The minimum Gasteiger partial charge on any atom is -0.467 e. The van der Waals surface area contributed by atoms with E-state index in [0.717, 1.165) is 31.6 Å². The molecule has 0 aromatic carbocycles. The SMILES string of the molecule is CC(NC(=O)CN1CCCCC1C1OCCO1)c1ccco1. The number of ether oxygens (including phenoxy) is 2. The first-order chi connectivity index (χ1) is 10.7. The van der Waals surface area contributed by atoms with Crippen molar-refractivity contribution in [2.45, 2.75) is 44.6 Å². The summed E-state index contributed by atoms with van der Waals surface area (Å²) in [6.07, 6.45) is 4.73. The first kappa shape index (κ1) is 15.5. The molecule has 2 fully saturated rings. The number of furan rings is 1. The number of nitrogens with zero attached hydrogens (tertiary/aromatic N) is 1. The molecule has 1 N–H and O–H groups in total. The zero-order valence-corrected chi connectivity index (χ0v) is 13.0. The van der Waals surface area contributed by atoms with Gasteiger partial charge in [0.1, 0.15) is 5.76 Å². The molecule has 2 aliphatic rings. The summed E-state index contributed by atoms with van der Waals surface area (Å²) in [7, 11) is 0. The van der Waals surface area contributed by atoms with Crippen molar-refractivity contribution < 1.29 is 18.7 Å². The molecule has 3 heterocycles. The van der Waals surface area contributed by atoms with E-state index in [1.165, 1.54) is 0 Å². The van der Waals surface area contributed by atoms with Gasteiger partial charge >= 0.3 is 0 Å². The Kier molecular flexibility index (Phi) is 5.12. The molecule has 0 aliphatic carbocycles. The number of hydrogen-bond donors (Lipinski definition) is 1. The van der Waals surface area contributed by atoms with Gasteiger partial charge in [-0.1, -0.05) is 6.42 Å². The normalized spacial score (nSPS) is 25.2. The maximum absolute atomic E-state index is 12.3. The highest BCUT2D eigenvalue weighted by molar-refractivity contribution is 5.78.